The Hall–Kier alpha value is -0.810. The fraction of sp³-hybridized carbons (Fsp3) is 0.571. The molecule has 0 atom stereocenters. The molecule has 4 nitrogen and oxygen atoms in total. The molecule has 1 rings (SSSR count). The van der Waals surface area contributed by atoms with Crippen molar-refractivity contribution in [2.24, 2.45) is 0 Å². The molecule has 6 heteroatoms. The summed E-state index contributed by atoms with van der Waals surface area (Å²) in [7, 11) is 16.9. The van der Waals surface area contributed by atoms with E-state index < -0.39 is 0 Å². The van der Waals surface area contributed by atoms with Crippen LogP contribution in [-0.2, 0) is 0 Å². The predicted molar refractivity (Wildman–Crippen MR) is 92.0 cm³/mol. The number of hydrogen-bond donors (Lipinski definition) is 0. The van der Waals surface area contributed by atoms with Gasteiger partial charge in [0, 0.05) is 0 Å². The van der Waals surface area contributed by atoms with Crippen molar-refractivity contribution in [1.29, 1.82) is 0 Å². The minimum Gasteiger partial charge on any atom is -0.330 e. The van der Waals surface area contributed by atoms with E-state index in [0.29, 0.717) is 14.0 Å². The van der Waals surface area contributed by atoms with Crippen LogP contribution in [0, 0.1) is 0 Å². The zero-order valence-corrected chi connectivity index (χ0v) is 14.3. The molecular weight excluding hydrogens is 246 g/mol. The van der Waals surface area contributed by atoms with Crippen LogP contribution in [0.5, 0.6) is 0 Å². The molecule has 0 saturated carbocycles. The molecule has 0 amide bonds. The molecule has 0 saturated heterocycles. The molecule has 0 aliphatic carbocycles. The van der Waals surface area contributed by atoms with Gasteiger partial charge in [0.1, 0.15) is 0 Å². The van der Waals surface area contributed by atoms with Crippen molar-refractivity contribution < 1.29 is 0 Å². The molecule has 0 aliphatic rings. The fourth-order valence-electron chi connectivity index (χ4n) is 2.96. The Kier molecular flexibility index (Phi) is 6.27. The summed E-state index contributed by atoms with van der Waals surface area (Å²) in [6.07, 6.45) is 0. The quantitative estimate of drug-likeness (QED) is 0.637. The van der Waals surface area contributed by atoms with Crippen LogP contribution in [0.3, 0.4) is 0 Å². The summed E-state index contributed by atoms with van der Waals surface area (Å²) in [6.45, 7) is 0.613. The molecule has 0 fully saturated rings. The molecule has 0 aliphatic heterocycles. The van der Waals surface area contributed by atoms with Gasteiger partial charge in [-0.1, -0.05) is 24.3 Å². The summed E-state index contributed by atoms with van der Waals surface area (Å²) in [5.74, 6) is 0. The van der Waals surface area contributed by atoms with Gasteiger partial charge in [-0.25, -0.2) is 0 Å². The van der Waals surface area contributed by atoms with Crippen LogP contribution >= 0.6 is 0 Å². The van der Waals surface area contributed by atoms with Gasteiger partial charge in [0.15, 0.2) is 0 Å². The van der Waals surface area contributed by atoms with Crippen molar-refractivity contribution in [3.8, 4) is 0 Å². The maximum absolute atomic E-state index is 2.24. The molecule has 1 aromatic rings. The van der Waals surface area contributed by atoms with Crippen molar-refractivity contribution in [3.05, 3.63) is 24.3 Å². The molecule has 110 valence electrons. The van der Waals surface area contributed by atoms with Gasteiger partial charge in [-0.05, 0) is 67.3 Å². The van der Waals surface area contributed by atoms with Crippen LogP contribution in [0.4, 0.5) is 0 Å². The Morgan fingerprint density at radius 1 is 0.500 bits per heavy atom. The molecule has 0 heterocycles. The maximum atomic E-state index is 2.24. The van der Waals surface area contributed by atoms with Gasteiger partial charge in [-0.2, -0.15) is 0 Å². The summed E-state index contributed by atoms with van der Waals surface area (Å²) in [4.78, 5) is 8.91. The maximum Gasteiger partial charge on any atom is 0.345 e. The van der Waals surface area contributed by atoms with Gasteiger partial charge >= 0.3 is 14.0 Å². The van der Waals surface area contributed by atoms with Crippen LogP contribution in [0.15, 0.2) is 24.3 Å². The van der Waals surface area contributed by atoms with E-state index in [4.69, 9.17) is 0 Å². The van der Waals surface area contributed by atoms with E-state index in [2.05, 4.69) is 99.9 Å². The largest absolute Gasteiger partial charge is 0.345 e. The summed E-state index contributed by atoms with van der Waals surface area (Å²) >= 11 is 0. The van der Waals surface area contributed by atoms with Gasteiger partial charge in [0.2, 0.25) is 0 Å². The summed E-state index contributed by atoms with van der Waals surface area (Å²) in [6, 6.07) is 8.94. The monoisotopic (exact) mass is 274 g/mol. The van der Waals surface area contributed by atoms with E-state index in [1.54, 1.807) is 0 Å². The average molecular weight is 274 g/mol. The van der Waals surface area contributed by atoms with E-state index in [9.17, 15) is 0 Å². The molecule has 0 spiro atoms. The van der Waals surface area contributed by atoms with Crippen LogP contribution in [0.2, 0.25) is 0 Å². The number of benzene rings is 1. The second kappa shape index (κ2) is 7.27. The summed E-state index contributed by atoms with van der Waals surface area (Å²) in [5.41, 5.74) is 2.64. The first-order valence-corrected chi connectivity index (χ1v) is 7.01. The first kappa shape index (κ1) is 17.2. The van der Waals surface area contributed by atoms with Crippen molar-refractivity contribution in [3.63, 3.8) is 0 Å². The van der Waals surface area contributed by atoms with Crippen LogP contribution in [0.1, 0.15) is 0 Å². The third kappa shape index (κ3) is 4.09. The SMILES string of the molecule is CN(C)B(c1ccc(B(N(C)C)N(C)C)cc1)N(C)C. The minimum absolute atomic E-state index is 0.307. The Bertz CT molecular complexity index is 349. The Morgan fingerprint density at radius 2 is 0.700 bits per heavy atom. The van der Waals surface area contributed by atoms with Gasteiger partial charge in [0.05, 0.1) is 0 Å². The Balaban J connectivity index is 3.03. The lowest BCUT2D eigenvalue weighted by Gasteiger charge is -2.29. The fourth-order valence-corrected chi connectivity index (χ4v) is 2.96. The van der Waals surface area contributed by atoms with E-state index in [1.807, 2.05) is 0 Å². The molecule has 20 heavy (non-hydrogen) atoms. The highest BCUT2D eigenvalue weighted by molar-refractivity contribution is 6.69. The second-order valence-electron chi connectivity index (χ2n) is 6.27. The molecule has 0 unspecified atom stereocenters. The number of nitrogens with zero attached hydrogens (tertiary/aromatic N) is 4. The van der Waals surface area contributed by atoms with Crippen molar-refractivity contribution >= 4 is 24.9 Å². The zero-order chi connectivity index (χ0) is 15.4. The van der Waals surface area contributed by atoms with E-state index in [1.165, 1.54) is 10.9 Å². The van der Waals surface area contributed by atoms with E-state index in [0.717, 1.165) is 0 Å². The van der Waals surface area contributed by atoms with Crippen LogP contribution in [0.25, 0.3) is 0 Å². The number of hydrogen-bond acceptors (Lipinski definition) is 4. The molecule has 0 radical (unpaired) electrons. The molecular formula is C14H28B2N4. The highest BCUT2D eigenvalue weighted by Crippen LogP contribution is 1.98. The minimum atomic E-state index is 0.307. The first-order valence-electron chi connectivity index (χ1n) is 7.01. The third-order valence-corrected chi connectivity index (χ3v) is 3.49. The molecule has 1 aromatic carbocycles. The smallest absolute Gasteiger partial charge is 0.330 e. The summed E-state index contributed by atoms with van der Waals surface area (Å²) in [5, 5.41) is 0. The Morgan fingerprint density at radius 3 is 0.850 bits per heavy atom. The zero-order valence-electron chi connectivity index (χ0n) is 14.3. The average Bonchev–Trinajstić information content (AvgIpc) is 2.29. The van der Waals surface area contributed by atoms with Crippen molar-refractivity contribution in [2.75, 3.05) is 56.4 Å². The first-order chi connectivity index (χ1) is 9.25. The second-order valence-corrected chi connectivity index (χ2v) is 6.27. The highest BCUT2D eigenvalue weighted by atomic mass is 15.2. The lowest BCUT2D eigenvalue weighted by atomic mass is 9.61. The van der Waals surface area contributed by atoms with E-state index >= 15 is 0 Å². The molecule has 0 aromatic heterocycles. The lowest BCUT2D eigenvalue weighted by Crippen LogP contribution is -2.56. The van der Waals surface area contributed by atoms with Gasteiger partial charge in [0.25, 0.3) is 0 Å². The van der Waals surface area contributed by atoms with Crippen molar-refractivity contribution in [2.45, 2.75) is 0 Å². The van der Waals surface area contributed by atoms with Crippen molar-refractivity contribution in [1.82, 2.24) is 19.2 Å². The van der Waals surface area contributed by atoms with Gasteiger partial charge in [-0.15, -0.1) is 0 Å². The van der Waals surface area contributed by atoms with Crippen LogP contribution in [-0.4, -0.2) is 89.6 Å². The normalized spacial score (nSPS) is 11.8. The van der Waals surface area contributed by atoms with Crippen LogP contribution < -0.4 is 10.9 Å². The van der Waals surface area contributed by atoms with E-state index in [-0.39, 0.29) is 0 Å². The molecule has 0 N–H and O–H groups in total. The lowest BCUT2D eigenvalue weighted by molar-refractivity contribution is 0.530. The summed E-state index contributed by atoms with van der Waals surface area (Å²) < 4.78 is 0. The highest BCUT2D eigenvalue weighted by Gasteiger charge is 2.26. The topological polar surface area (TPSA) is 13.0 Å². The predicted octanol–water partition coefficient (Wildman–Crippen LogP) is -0.677. The Labute approximate surface area is 125 Å². The molecule has 0 bridgehead atoms. The number of rotatable bonds is 6. The van der Waals surface area contributed by atoms with Gasteiger partial charge in [-0.3, -0.25) is 0 Å². The van der Waals surface area contributed by atoms with Gasteiger partial charge < -0.3 is 19.2 Å². The third-order valence-electron chi connectivity index (χ3n) is 3.49. The standard InChI is InChI=1S/C14H28B2N4/c1-17(2)15(18(3)4)13-9-11-14(12-10-13)16(19(5)6)20(7)8/h9-12H,1-8H3.